The summed E-state index contributed by atoms with van der Waals surface area (Å²) >= 11 is 0. The van der Waals surface area contributed by atoms with Gasteiger partial charge in [-0.05, 0) is 18.9 Å². The maximum atomic E-state index is 13.2. The molecular weight excluding hydrogens is 247 g/mol. The Balaban J connectivity index is 1.79. The highest BCUT2D eigenvalue weighted by Gasteiger charge is 2.28. The predicted molar refractivity (Wildman–Crippen MR) is 68.4 cm³/mol. The standard InChI is InChI=1S/C14H17FN2O2/c15-10-3-4-11-12(2-1-5-19-13(11)6-10)17-14(18)9-7-16-8-9/h3-4,6,9,12,16H,1-2,5,7-8H2,(H,17,18). The van der Waals surface area contributed by atoms with Crippen LogP contribution in [-0.4, -0.2) is 25.6 Å². The van der Waals surface area contributed by atoms with Gasteiger partial charge in [-0.3, -0.25) is 4.79 Å². The van der Waals surface area contributed by atoms with Gasteiger partial charge in [0.25, 0.3) is 0 Å². The minimum absolute atomic E-state index is 0.0630. The topological polar surface area (TPSA) is 50.4 Å². The molecule has 1 aromatic carbocycles. The van der Waals surface area contributed by atoms with Crippen LogP contribution < -0.4 is 15.4 Å². The molecule has 2 aliphatic rings. The molecule has 102 valence electrons. The van der Waals surface area contributed by atoms with Crippen LogP contribution in [0.1, 0.15) is 24.4 Å². The van der Waals surface area contributed by atoms with Crippen molar-refractivity contribution in [2.75, 3.05) is 19.7 Å². The van der Waals surface area contributed by atoms with E-state index in [1.165, 1.54) is 12.1 Å². The van der Waals surface area contributed by atoms with E-state index in [0.29, 0.717) is 12.4 Å². The van der Waals surface area contributed by atoms with Gasteiger partial charge in [-0.1, -0.05) is 6.07 Å². The summed E-state index contributed by atoms with van der Waals surface area (Å²) in [6, 6.07) is 4.44. The second-order valence-corrected chi connectivity index (χ2v) is 5.09. The summed E-state index contributed by atoms with van der Waals surface area (Å²) in [5.41, 5.74) is 0.875. The number of amides is 1. The molecule has 1 fully saturated rings. The van der Waals surface area contributed by atoms with Crippen molar-refractivity contribution in [3.63, 3.8) is 0 Å². The van der Waals surface area contributed by atoms with Crippen LogP contribution in [0.25, 0.3) is 0 Å². The summed E-state index contributed by atoms with van der Waals surface area (Å²) < 4.78 is 18.8. The fourth-order valence-electron chi connectivity index (χ4n) is 2.46. The Morgan fingerprint density at radius 2 is 2.26 bits per heavy atom. The molecule has 2 aliphatic heterocycles. The van der Waals surface area contributed by atoms with Crippen LogP contribution in [0, 0.1) is 11.7 Å². The molecule has 1 unspecified atom stereocenters. The van der Waals surface area contributed by atoms with Gasteiger partial charge >= 0.3 is 0 Å². The van der Waals surface area contributed by atoms with Crippen molar-refractivity contribution in [3.8, 4) is 5.75 Å². The molecule has 19 heavy (non-hydrogen) atoms. The van der Waals surface area contributed by atoms with E-state index in [9.17, 15) is 9.18 Å². The zero-order valence-electron chi connectivity index (χ0n) is 10.6. The third kappa shape index (κ3) is 2.56. The van der Waals surface area contributed by atoms with Crippen molar-refractivity contribution in [1.29, 1.82) is 0 Å². The lowest BCUT2D eigenvalue weighted by Crippen LogP contribution is -2.51. The maximum absolute atomic E-state index is 13.2. The third-order valence-electron chi connectivity index (χ3n) is 3.71. The SMILES string of the molecule is O=C(NC1CCCOc2cc(F)ccc21)C1CNC1. The molecule has 2 N–H and O–H groups in total. The van der Waals surface area contributed by atoms with Gasteiger partial charge in [0.15, 0.2) is 0 Å². The van der Waals surface area contributed by atoms with Crippen LogP contribution >= 0.6 is 0 Å². The third-order valence-corrected chi connectivity index (χ3v) is 3.71. The molecule has 0 spiro atoms. The summed E-state index contributed by atoms with van der Waals surface area (Å²) in [7, 11) is 0. The van der Waals surface area contributed by atoms with Gasteiger partial charge in [-0.25, -0.2) is 4.39 Å². The van der Waals surface area contributed by atoms with E-state index >= 15 is 0 Å². The molecular formula is C14H17FN2O2. The Bertz CT molecular complexity index is 488. The average Bonchev–Trinajstić information content (AvgIpc) is 2.49. The number of carbonyl (C=O) groups excluding carboxylic acids is 1. The van der Waals surface area contributed by atoms with Gasteiger partial charge in [-0.2, -0.15) is 0 Å². The molecule has 5 heteroatoms. The number of hydrogen-bond acceptors (Lipinski definition) is 3. The van der Waals surface area contributed by atoms with Crippen LogP contribution in [-0.2, 0) is 4.79 Å². The lowest BCUT2D eigenvalue weighted by atomic mass is 9.98. The molecule has 1 saturated heterocycles. The fraction of sp³-hybridized carbons (Fsp3) is 0.500. The van der Waals surface area contributed by atoms with Crippen molar-refractivity contribution in [2.45, 2.75) is 18.9 Å². The first kappa shape index (κ1) is 12.4. The molecule has 1 atom stereocenters. The molecule has 0 aliphatic carbocycles. The molecule has 0 aromatic heterocycles. The predicted octanol–water partition coefficient (Wildman–Crippen LogP) is 1.37. The van der Waals surface area contributed by atoms with Gasteiger partial charge in [0, 0.05) is 24.7 Å². The van der Waals surface area contributed by atoms with E-state index in [4.69, 9.17) is 4.74 Å². The van der Waals surface area contributed by atoms with E-state index in [0.717, 1.165) is 31.5 Å². The maximum Gasteiger partial charge on any atom is 0.226 e. The van der Waals surface area contributed by atoms with Crippen molar-refractivity contribution in [1.82, 2.24) is 10.6 Å². The minimum Gasteiger partial charge on any atom is -0.493 e. The second-order valence-electron chi connectivity index (χ2n) is 5.09. The Kier molecular flexibility index (Phi) is 3.38. The number of fused-ring (bicyclic) bond motifs is 1. The largest absolute Gasteiger partial charge is 0.493 e. The minimum atomic E-state index is -0.311. The molecule has 1 aromatic rings. The van der Waals surface area contributed by atoms with Crippen LogP contribution in [0.5, 0.6) is 5.75 Å². The Morgan fingerprint density at radius 3 is 3.00 bits per heavy atom. The first-order valence-corrected chi connectivity index (χ1v) is 6.67. The fourth-order valence-corrected chi connectivity index (χ4v) is 2.46. The number of ether oxygens (including phenoxy) is 1. The Morgan fingerprint density at radius 1 is 1.42 bits per heavy atom. The lowest BCUT2D eigenvalue weighted by molar-refractivity contribution is -0.127. The highest BCUT2D eigenvalue weighted by atomic mass is 19.1. The molecule has 4 nitrogen and oxygen atoms in total. The summed E-state index contributed by atoms with van der Waals surface area (Å²) in [5.74, 6) is 0.373. The number of nitrogens with one attached hydrogen (secondary N) is 2. The highest BCUT2D eigenvalue weighted by Crippen LogP contribution is 2.32. The summed E-state index contributed by atoms with van der Waals surface area (Å²) in [6.45, 7) is 2.05. The number of hydrogen-bond donors (Lipinski definition) is 2. The van der Waals surface area contributed by atoms with Crippen molar-refractivity contribution in [2.24, 2.45) is 5.92 Å². The van der Waals surface area contributed by atoms with Gasteiger partial charge in [-0.15, -0.1) is 0 Å². The monoisotopic (exact) mass is 264 g/mol. The highest BCUT2D eigenvalue weighted by molar-refractivity contribution is 5.80. The zero-order chi connectivity index (χ0) is 13.2. The van der Waals surface area contributed by atoms with Crippen LogP contribution in [0.2, 0.25) is 0 Å². The summed E-state index contributed by atoms with van der Waals surface area (Å²) in [5, 5.41) is 6.14. The first-order chi connectivity index (χ1) is 9.24. The summed E-state index contributed by atoms with van der Waals surface area (Å²) in [4.78, 5) is 12.0. The van der Waals surface area contributed by atoms with Crippen molar-refractivity contribution in [3.05, 3.63) is 29.6 Å². The van der Waals surface area contributed by atoms with Gasteiger partial charge < -0.3 is 15.4 Å². The second kappa shape index (κ2) is 5.17. The van der Waals surface area contributed by atoms with Crippen molar-refractivity contribution >= 4 is 5.91 Å². The molecule has 0 radical (unpaired) electrons. The van der Waals surface area contributed by atoms with Crippen LogP contribution in [0.3, 0.4) is 0 Å². The van der Waals surface area contributed by atoms with Crippen molar-refractivity contribution < 1.29 is 13.9 Å². The van der Waals surface area contributed by atoms with Gasteiger partial charge in [0.05, 0.1) is 18.6 Å². The van der Waals surface area contributed by atoms with E-state index in [2.05, 4.69) is 10.6 Å². The summed E-state index contributed by atoms with van der Waals surface area (Å²) in [6.07, 6.45) is 1.68. The molecule has 3 rings (SSSR count). The average molecular weight is 264 g/mol. The number of rotatable bonds is 2. The normalized spacial score (nSPS) is 22.7. The van der Waals surface area contributed by atoms with Gasteiger partial charge in [0.1, 0.15) is 11.6 Å². The molecule has 2 heterocycles. The molecule has 1 amide bonds. The number of halogens is 1. The lowest BCUT2D eigenvalue weighted by Gasteiger charge is -2.28. The van der Waals surface area contributed by atoms with Crippen LogP contribution in [0.4, 0.5) is 4.39 Å². The van der Waals surface area contributed by atoms with E-state index in [-0.39, 0.29) is 23.7 Å². The number of benzene rings is 1. The number of carbonyl (C=O) groups is 1. The Hall–Kier alpha value is -1.62. The first-order valence-electron chi connectivity index (χ1n) is 6.67. The van der Waals surface area contributed by atoms with Crippen LogP contribution in [0.15, 0.2) is 18.2 Å². The van der Waals surface area contributed by atoms with E-state index in [1.807, 2.05) is 0 Å². The van der Waals surface area contributed by atoms with Gasteiger partial charge in [0.2, 0.25) is 5.91 Å². The zero-order valence-corrected chi connectivity index (χ0v) is 10.6. The van der Waals surface area contributed by atoms with E-state index in [1.54, 1.807) is 6.07 Å². The molecule has 0 saturated carbocycles. The smallest absolute Gasteiger partial charge is 0.226 e. The Labute approximate surface area is 111 Å². The quantitative estimate of drug-likeness (QED) is 0.848. The molecule has 0 bridgehead atoms. The van der Waals surface area contributed by atoms with E-state index < -0.39 is 0 Å².